The third-order valence-corrected chi connectivity index (χ3v) is 1.94. The first-order chi connectivity index (χ1) is 8.00. The van der Waals surface area contributed by atoms with Gasteiger partial charge in [-0.15, -0.1) is 0 Å². The van der Waals surface area contributed by atoms with Gasteiger partial charge in [-0.05, 0) is 46.9 Å². The Hall–Kier alpha value is -0.920. The summed E-state index contributed by atoms with van der Waals surface area (Å²) in [6.45, 7) is 0. The average molecular weight is 324 g/mol. The molecule has 0 saturated heterocycles. The van der Waals surface area contributed by atoms with Crippen LogP contribution in [0.25, 0.3) is 0 Å². The van der Waals surface area contributed by atoms with Crippen molar-refractivity contribution in [3.8, 4) is 5.75 Å². The van der Waals surface area contributed by atoms with E-state index >= 15 is 0 Å². The number of nitro groups is 1. The van der Waals surface area contributed by atoms with E-state index in [1.807, 2.05) is 0 Å². The highest BCUT2D eigenvalue weighted by atomic mass is 35.6. The van der Waals surface area contributed by atoms with Gasteiger partial charge in [0.05, 0.1) is 4.92 Å². The van der Waals surface area contributed by atoms with E-state index in [-0.39, 0.29) is 0 Å². The van der Waals surface area contributed by atoms with E-state index < -0.39 is 32.1 Å². The lowest BCUT2D eigenvalue weighted by Crippen LogP contribution is -2.14. The van der Waals surface area contributed by atoms with E-state index in [2.05, 4.69) is 4.74 Å². The SMILES string of the molecule is O=[N+]([O-])c1ccc(OC(Cl)(Cl)Cl)cc1C(F)(F)F. The van der Waals surface area contributed by atoms with Crippen LogP contribution >= 0.6 is 34.8 Å². The molecule has 100 valence electrons. The van der Waals surface area contributed by atoms with Crippen LogP contribution < -0.4 is 4.74 Å². The van der Waals surface area contributed by atoms with E-state index in [9.17, 15) is 23.3 Å². The van der Waals surface area contributed by atoms with Crippen molar-refractivity contribution in [1.29, 1.82) is 0 Å². The van der Waals surface area contributed by atoms with Gasteiger partial charge in [-0.1, -0.05) is 0 Å². The Labute approximate surface area is 113 Å². The van der Waals surface area contributed by atoms with E-state index in [1.165, 1.54) is 0 Å². The number of benzene rings is 1. The van der Waals surface area contributed by atoms with Crippen molar-refractivity contribution in [3.05, 3.63) is 33.9 Å². The molecule has 0 unspecified atom stereocenters. The van der Waals surface area contributed by atoms with Gasteiger partial charge in [0.25, 0.3) is 5.69 Å². The van der Waals surface area contributed by atoms with Crippen LogP contribution in [0, 0.1) is 10.1 Å². The predicted molar refractivity (Wildman–Crippen MR) is 59.0 cm³/mol. The van der Waals surface area contributed by atoms with Crippen LogP contribution in [0.4, 0.5) is 18.9 Å². The number of ether oxygens (including phenoxy) is 1. The van der Waals surface area contributed by atoms with E-state index in [1.54, 1.807) is 0 Å². The molecular weight excluding hydrogens is 321 g/mol. The maximum Gasteiger partial charge on any atom is 0.423 e. The zero-order valence-corrected chi connectivity index (χ0v) is 10.4. The number of nitro benzene ring substituents is 1. The van der Waals surface area contributed by atoms with Crippen LogP contribution in [0.15, 0.2) is 18.2 Å². The van der Waals surface area contributed by atoms with Gasteiger partial charge < -0.3 is 4.74 Å². The monoisotopic (exact) mass is 323 g/mol. The second-order valence-corrected chi connectivity index (χ2v) is 5.16. The molecule has 0 aromatic heterocycles. The third kappa shape index (κ3) is 4.08. The topological polar surface area (TPSA) is 52.4 Å². The summed E-state index contributed by atoms with van der Waals surface area (Å²) >= 11 is 15.7. The molecule has 0 N–H and O–H groups in total. The molecule has 0 spiro atoms. The highest BCUT2D eigenvalue weighted by Crippen LogP contribution is 2.39. The van der Waals surface area contributed by atoms with Gasteiger partial charge in [0, 0.05) is 6.07 Å². The molecule has 10 heteroatoms. The minimum absolute atomic E-state index is 0.389. The van der Waals surface area contributed by atoms with Crippen LogP contribution in [-0.2, 0) is 6.18 Å². The Kier molecular flexibility index (Phi) is 4.19. The Morgan fingerprint density at radius 3 is 2.17 bits per heavy atom. The lowest BCUT2D eigenvalue weighted by Gasteiger charge is -2.15. The smallest absolute Gasteiger partial charge is 0.423 e. The Morgan fingerprint density at radius 2 is 1.78 bits per heavy atom. The molecule has 4 nitrogen and oxygen atoms in total. The molecule has 1 aromatic rings. The summed E-state index contributed by atoms with van der Waals surface area (Å²) in [6, 6.07) is 1.91. The first kappa shape index (κ1) is 15.1. The molecule has 0 radical (unpaired) electrons. The molecule has 0 bridgehead atoms. The number of rotatable bonds is 2. The van der Waals surface area contributed by atoms with Gasteiger partial charge >= 0.3 is 10.2 Å². The molecule has 0 fully saturated rings. The molecule has 1 rings (SSSR count). The van der Waals surface area contributed by atoms with Crippen molar-refractivity contribution in [3.63, 3.8) is 0 Å². The van der Waals surface area contributed by atoms with Gasteiger partial charge in [-0.3, -0.25) is 10.1 Å². The Morgan fingerprint density at radius 1 is 1.22 bits per heavy atom. The fourth-order valence-electron chi connectivity index (χ4n) is 1.10. The lowest BCUT2D eigenvalue weighted by molar-refractivity contribution is -0.388. The summed E-state index contributed by atoms with van der Waals surface area (Å²) in [5, 5.41) is 10.5. The Balaban J connectivity index is 3.27. The fraction of sp³-hybridized carbons (Fsp3) is 0.250. The molecule has 0 heterocycles. The summed E-state index contributed by atoms with van der Waals surface area (Å²) in [4.78, 5) is 9.29. The van der Waals surface area contributed by atoms with Gasteiger partial charge in [0.2, 0.25) is 0 Å². The number of nitrogens with zero attached hydrogens (tertiary/aromatic N) is 1. The highest BCUT2D eigenvalue weighted by molar-refractivity contribution is 6.66. The zero-order valence-electron chi connectivity index (χ0n) is 8.17. The normalized spacial score (nSPS) is 12.3. The largest absolute Gasteiger partial charge is 0.446 e. The van der Waals surface area contributed by atoms with Crippen molar-refractivity contribution in [2.75, 3.05) is 0 Å². The van der Waals surface area contributed by atoms with Gasteiger partial charge in [-0.25, -0.2) is 0 Å². The minimum Gasteiger partial charge on any atom is -0.446 e. The molecule has 1 aromatic carbocycles. The van der Waals surface area contributed by atoms with Crippen LogP contribution in [0.2, 0.25) is 0 Å². The maximum absolute atomic E-state index is 12.6. The van der Waals surface area contributed by atoms with Crippen molar-refractivity contribution >= 4 is 40.5 Å². The summed E-state index contributed by atoms with van der Waals surface area (Å²) in [5.74, 6) is -0.451. The molecule has 18 heavy (non-hydrogen) atoms. The molecule has 0 atom stereocenters. The number of halogens is 6. The van der Waals surface area contributed by atoms with Crippen LogP contribution in [0.5, 0.6) is 5.75 Å². The van der Waals surface area contributed by atoms with Gasteiger partial charge in [0.15, 0.2) is 0 Å². The summed E-state index contributed by atoms with van der Waals surface area (Å²) in [7, 11) is 0. The van der Waals surface area contributed by atoms with E-state index in [0.717, 1.165) is 6.07 Å². The first-order valence-electron chi connectivity index (χ1n) is 4.12. The highest BCUT2D eigenvalue weighted by Gasteiger charge is 2.39. The Bertz CT molecular complexity index is 473. The average Bonchev–Trinajstić information content (AvgIpc) is 2.13. The minimum atomic E-state index is -4.92. The zero-order chi connectivity index (χ0) is 14.1. The third-order valence-electron chi connectivity index (χ3n) is 1.70. The number of alkyl halides is 6. The first-order valence-corrected chi connectivity index (χ1v) is 5.25. The van der Waals surface area contributed by atoms with Gasteiger partial charge in [0.1, 0.15) is 11.3 Å². The summed E-state index contributed by atoms with van der Waals surface area (Å²) in [5.41, 5.74) is -2.60. The lowest BCUT2D eigenvalue weighted by atomic mass is 10.1. The predicted octanol–water partition coefficient (Wildman–Crippen LogP) is 4.32. The van der Waals surface area contributed by atoms with Crippen molar-refractivity contribution in [2.45, 2.75) is 10.2 Å². The molecular formula is C8H3Cl3F3NO3. The maximum atomic E-state index is 12.6. The second-order valence-electron chi connectivity index (χ2n) is 2.98. The van der Waals surface area contributed by atoms with Crippen molar-refractivity contribution < 1.29 is 22.8 Å². The number of hydrogen-bond donors (Lipinski definition) is 0. The summed E-state index contributed by atoms with van der Waals surface area (Å²) < 4.78 is 40.0. The standard InChI is InChI=1S/C8H3Cl3F3NO3/c9-8(10,11)18-4-1-2-6(15(16)17)5(3-4)7(12,13)14/h1-3H. The van der Waals surface area contributed by atoms with Crippen molar-refractivity contribution in [1.82, 2.24) is 0 Å². The molecule has 0 aliphatic carbocycles. The van der Waals surface area contributed by atoms with E-state index in [0.29, 0.717) is 12.1 Å². The molecule has 0 amide bonds. The quantitative estimate of drug-likeness (QED) is 0.462. The molecule has 0 aliphatic heterocycles. The molecule has 0 aliphatic rings. The van der Waals surface area contributed by atoms with Crippen LogP contribution in [0.3, 0.4) is 0 Å². The number of hydrogen-bond acceptors (Lipinski definition) is 3. The fourth-order valence-corrected chi connectivity index (χ4v) is 1.37. The van der Waals surface area contributed by atoms with Crippen molar-refractivity contribution in [2.24, 2.45) is 0 Å². The van der Waals surface area contributed by atoms with Crippen LogP contribution in [-0.4, -0.2) is 8.90 Å². The van der Waals surface area contributed by atoms with Crippen LogP contribution in [0.1, 0.15) is 5.56 Å². The summed E-state index contributed by atoms with van der Waals surface area (Å²) in [6.07, 6.45) is -4.92. The van der Waals surface area contributed by atoms with Gasteiger partial charge in [-0.2, -0.15) is 13.2 Å². The molecule has 0 saturated carbocycles. The van der Waals surface area contributed by atoms with E-state index in [4.69, 9.17) is 34.8 Å². The second kappa shape index (κ2) is 4.99.